The van der Waals surface area contributed by atoms with Crippen molar-refractivity contribution >= 4 is 52.3 Å². The molecule has 0 aliphatic carbocycles. The highest BCUT2D eigenvalue weighted by atomic mass is 35.5. The predicted molar refractivity (Wildman–Crippen MR) is 127 cm³/mol. The van der Waals surface area contributed by atoms with Gasteiger partial charge in [-0.2, -0.15) is 13.2 Å². The van der Waals surface area contributed by atoms with E-state index >= 15 is 0 Å². The van der Waals surface area contributed by atoms with Crippen LogP contribution in [-0.2, 0) is 14.4 Å². The summed E-state index contributed by atoms with van der Waals surface area (Å²) in [6.45, 7) is 1.29. The standard InChI is InChI=1S/C23H21Cl2F3N4O3/c1-12(29-18(33)9-10-23(26,27)28)21(34)31-20-22(35)32(2)17-8-7-13(24)11-15(17)19(30-20)14-5-3-4-6-16(14)25/h3-8,11-12,20H,9-10H2,1-2H3,(H,29,33)(H,31,34)/t12-,20?/m0/s1. The Morgan fingerprint density at radius 2 is 1.83 bits per heavy atom. The van der Waals surface area contributed by atoms with Gasteiger partial charge in [-0.3, -0.25) is 14.4 Å². The quantitative estimate of drug-likeness (QED) is 0.591. The Balaban J connectivity index is 1.90. The number of aliphatic imine (C=N–C) groups is 1. The smallest absolute Gasteiger partial charge is 0.345 e. The molecule has 3 rings (SSSR count). The van der Waals surface area contributed by atoms with Crippen molar-refractivity contribution in [1.82, 2.24) is 10.6 Å². The van der Waals surface area contributed by atoms with Crippen LogP contribution in [0.5, 0.6) is 0 Å². The monoisotopic (exact) mass is 528 g/mol. The van der Waals surface area contributed by atoms with E-state index in [0.29, 0.717) is 32.6 Å². The first-order valence-corrected chi connectivity index (χ1v) is 11.2. The number of rotatable bonds is 6. The predicted octanol–water partition coefficient (Wildman–Crippen LogP) is 4.10. The van der Waals surface area contributed by atoms with Crippen LogP contribution in [0, 0.1) is 0 Å². The van der Waals surface area contributed by atoms with Gasteiger partial charge in [0.15, 0.2) is 0 Å². The van der Waals surface area contributed by atoms with Crippen LogP contribution in [0.15, 0.2) is 47.5 Å². The minimum Gasteiger partial charge on any atom is -0.345 e. The zero-order chi connectivity index (χ0) is 25.9. The van der Waals surface area contributed by atoms with Crippen LogP contribution >= 0.6 is 23.2 Å². The van der Waals surface area contributed by atoms with E-state index in [2.05, 4.69) is 15.6 Å². The number of carbonyl (C=O) groups excluding carboxylic acids is 3. The molecule has 3 amide bonds. The second-order valence-electron chi connectivity index (χ2n) is 7.83. The van der Waals surface area contributed by atoms with Gasteiger partial charge in [0, 0.05) is 34.6 Å². The third-order valence-electron chi connectivity index (χ3n) is 5.21. The normalized spacial score (nSPS) is 16.7. The summed E-state index contributed by atoms with van der Waals surface area (Å²) in [4.78, 5) is 43.5. The molecule has 0 bridgehead atoms. The molecule has 0 spiro atoms. The first-order chi connectivity index (χ1) is 16.4. The zero-order valence-corrected chi connectivity index (χ0v) is 20.1. The van der Waals surface area contributed by atoms with Crippen molar-refractivity contribution in [3.05, 3.63) is 63.6 Å². The summed E-state index contributed by atoms with van der Waals surface area (Å²) in [5.41, 5.74) is 1.78. The van der Waals surface area contributed by atoms with Crippen molar-refractivity contribution in [3.8, 4) is 0 Å². The number of hydrogen-bond donors (Lipinski definition) is 2. The Morgan fingerprint density at radius 1 is 1.14 bits per heavy atom. The van der Waals surface area contributed by atoms with Crippen LogP contribution in [0.25, 0.3) is 0 Å². The van der Waals surface area contributed by atoms with Crippen LogP contribution in [0.2, 0.25) is 10.0 Å². The molecule has 1 unspecified atom stereocenters. The molecule has 7 nitrogen and oxygen atoms in total. The highest BCUT2D eigenvalue weighted by Crippen LogP contribution is 2.31. The lowest BCUT2D eigenvalue weighted by Crippen LogP contribution is -2.52. The number of anilines is 1. The van der Waals surface area contributed by atoms with Gasteiger partial charge in [0.05, 0.1) is 17.8 Å². The summed E-state index contributed by atoms with van der Waals surface area (Å²) in [5.74, 6) is -2.33. The van der Waals surface area contributed by atoms with Gasteiger partial charge in [-0.25, -0.2) is 4.99 Å². The highest BCUT2D eigenvalue weighted by Gasteiger charge is 2.33. The van der Waals surface area contributed by atoms with E-state index in [4.69, 9.17) is 23.2 Å². The van der Waals surface area contributed by atoms with Gasteiger partial charge < -0.3 is 15.5 Å². The summed E-state index contributed by atoms with van der Waals surface area (Å²) in [7, 11) is 1.50. The second-order valence-corrected chi connectivity index (χ2v) is 8.68. The van der Waals surface area contributed by atoms with Crippen molar-refractivity contribution in [2.45, 2.75) is 38.1 Å². The Morgan fingerprint density at radius 3 is 2.49 bits per heavy atom. The molecule has 12 heteroatoms. The molecule has 0 fully saturated rings. The number of nitrogens with one attached hydrogen (secondary N) is 2. The lowest BCUT2D eigenvalue weighted by molar-refractivity contribution is -0.144. The minimum atomic E-state index is -4.50. The number of benzodiazepines with no additional fused rings is 1. The summed E-state index contributed by atoms with van der Waals surface area (Å²) in [5, 5.41) is 5.39. The molecule has 1 heterocycles. The summed E-state index contributed by atoms with van der Waals surface area (Å²) < 4.78 is 37.0. The van der Waals surface area contributed by atoms with Crippen LogP contribution in [0.1, 0.15) is 30.9 Å². The Labute approximate surface area is 209 Å². The van der Waals surface area contributed by atoms with Gasteiger partial charge in [0.25, 0.3) is 5.91 Å². The number of halogens is 5. The van der Waals surface area contributed by atoms with Crippen molar-refractivity contribution in [1.29, 1.82) is 0 Å². The maximum absolute atomic E-state index is 13.2. The maximum atomic E-state index is 13.2. The number of benzene rings is 2. The summed E-state index contributed by atoms with van der Waals surface area (Å²) in [6.07, 6.45) is -8.04. The Kier molecular flexibility index (Phi) is 8.07. The number of nitrogens with zero attached hydrogens (tertiary/aromatic N) is 2. The van der Waals surface area contributed by atoms with Gasteiger partial charge in [-0.05, 0) is 31.2 Å². The second kappa shape index (κ2) is 10.7. The van der Waals surface area contributed by atoms with Crippen molar-refractivity contribution in [2.24, 2.45) is 4.99 Å². The maximum Gasteiger partial charge on any atom is 0.389 e. The summed E-state index contributed by atoms with van der Waals surface area (Å²) in [6, 6.07) is 10.4. The molecule has 1 aliphatic rings. The largest absolute Gasteiger partial charge is 0.389 e. The van der Waals surface area contributed by atoms with Gasteiger partial charge >= 0.3 is 6.18 Å². The van der Waals surface area contributed by atoms with E-state index in [1.807, 2.05) is 0 Å². The molecule has 0 radical (unpaired) electrons. The SMILES string of the molecule is C[C@H](NC(=O)CCC(F)(F)F)C(=O)NC1N=C(c2ccccc2Cl)c2cc(Cl)ccc2N(C)C1=O. The van der Waals surface area contributed by atoms with E-state index in [1.165, 1.54) is 18.9 Å². The summed E-state index contributed by atoms with van der Waals surface area (Å²) >= 11 is 12.6. The van der Waals surface area contributed by atoms with Crippen LogP contribution in [-0.4, -0.2) is 48.9 Å². The molecule has 0 saturated heterocycles. The molecule has 2 N–H and O–H groups in total. The van der Waals surface area contributed by atoms with Crippen LogP contribution in [0.3, 0.4) is 0 Å². The molecule has 0 aromatic heterocycles. The Hall–Kier alpha value is -3.11. The molecule has 2 aromatic carbocycles. The number of fused-ring (bicyclic) bond motifs is 1. The van der Waals surface area contributed by atoms with Gasteiger partial charge in [0.1, 0.15) is 6.04 Å². The van der Waals surface area contributed by atoms with E-state index in [1.54, 1.807) is 42.5 Å². The first kappa shape index (κ1) is 26.5. The van der Waals surface area contributed by atoms with E-state index < -0.39 is 48.9 Å². The molecule has 2 atom stereocenters. The number of hydrogen-bond acceptors (Lipinski definition) is 4. The third-order valence-corrected chi connectivity index (χ3v) is 5.78. The molecular weight excluding hydrogens is 508 g/mol. The van der Waals surface area contributed by atoms with Crippen LogP contribution in [0.4, 0.5) is 18.9 Å². The molecular formula is C23H21Cl2F3N4O3. The highest BCUT2D eigenvalue weighted by molar-refractivity contribution is 6.37. The fourth-order valence-corrected chi connectivity index (χ4v) is 3.80. The topological polar surface area (TPSA) is 90.9 Å². The van der Waals surface area contributed by atoms with Gasteiger partial charge in [-0.15, -0.1) is 0 Å². The first-order valence-electron chi connectivity index (χ1n) is 10.4. The fourth-order valence-electron chi connectivity index (χ4n) is 3.40. The van der Waals surface area contributed by atoms with Crippen molar-refractivity contribution in [2.75, 3.05) is 11.9 Å². The number of alkyl halides is 3. The molecule has 186 valence electrons. The Bertz CT molecular complexity index is 1190. The lowest BCUT2D eigenvalue weighted by Gasteiger charge is -2.22. The van der Waals surface area contributed by atoms with E-state index in [-0.39, 0.29) is 0 Å². The lowest BCUT2D eigenvalue weighted by atomic mass is 10.00. The zero-order valence-electron chi connectivity index (χ0n) is 18.6. The molecule has 2 aromatic rings. The fraction of sp³-hybridized carbons (Fsp3) is 0.304. The average Bonchev–Trinajstić information content (AvgIpc) is 2.88. The van der Waals surface area contributed by atoms with Crippen LogP contribution < -0.4 is 15.5 Å². The van der Waals surface area contributed by atoms with Gasteiger partial charge in [0.2, 0.25) is 18.0 Å². The molecule has 35 heavy (non-hydrogen) atoms. The average molecular weight is 529 g/mol. The number of amides is 3. The van der Waals surface area contributed by atoms with Crippen molar-refractivity contribution < 1.29 is 27.6 Å². The third kappa shape index (κ3) is 6.52. The molecule has 0 saturated carbocycles. The number of carbonyl (C=O) groups is 3. The van der Waals surface area contributed by atoms with Gasteiger partial charge in [-0.1, -0.05) is 41.4 Å². The number of likely N-dealkylation sites (N-methyl/N-ethyl adjacent to an activating group) is 1. The minimum absolute atomic E-state index is 0.304. The van der Waals surface area contributed by atoms with Crippen molar-refractivity contribution in [3.63, 3.8) is 0 Å². The molecule has 1 aliphatic heterocycles. The van der Waals surface area contributed by atoms with E-state index in [9.17, 15) is 27.6 Å². The van der Waals surface area contributed by atoms with E-state index in [0.717, 1.165) is 0 Å².